The van der Waals surface area contributed by atoms with Crippen molar-refractivity contribution in [2.75, 3.05) is 33.4 Å². The van der Waals surface area contributed by atoms with Gasteiger partial charge in [-0.05, 0) is 5.56 Å². The highest BCUT2D eigenvalue weighted by atomic mass is 16.5. The molecule has 1 heterocycles. The second-order valence-electron chi connectivity index (χ2n) is 4.40. The van der Waals surface area contributed by atoms with Gasteiger partial charge < -0.3 is 9.84 Å². The van der Waals surface area contributed by atoms with Crippen LogP contribution in [0, 0.1) is 5.92 Å². The molecule has 1 N–H and O–H groups in total. The molecule has 0 bridgehead atoms. The van der Waals surface area contributed by atoms with Gasteiger partial charge in [0.1, 0.15) is 0 Å². The standard InChI is InChI=1S/C13H19NO2/c1-16-13(12-5-3-2-4-6-12)9-14-7-11(8-14)10-15/h2-6,11,13,15H,7-10H2,1H3. The van der Waals surface area contributed by atoms with Gasteiger partial charge in [0, 0.05) is 39.3 Å². The third-order valence-electron chi connectivity index (χ3n) is 3.17. The molecule has 2 rings (SSSR count). The van der Waals surface area contributed by atoms with Gasteiger partial charge in [0.25, 0.3) is 0 Å². The number of methoxy groups -OCH3 is 1. The summed E-state index contributed by atoms with van der Waals surface area (Å²) in [6, 6.07) is 10.3. The van der Waals surface area contributed by atoms with Gasteiger partial charge in [0.2, 0.25) is 0 Å². The van der Waals surface area contributed by atoms with E-state index in [1.54, 1.807) is 7.11 Å². The summed E-state index contributed by atoms with van der Waals surface area (Å²) in [4.78, 5) is 2.32. The molecule has 0 aliphatic carbocycles. The Morgan fingerprint density at radius 3 is 2.62 bits per heavy atom. The molecule has 1 unspecified atom stereocenters. The van der Waals surface area contributed by atoms with Crippen LogP contribution in [-0.4, -0.2) is 43.4 Å². The van der Waals surface area contributed by atoms with Crippen molar-refractivity contribution in [3.8, 4) is 0 Å². The summed E-state index contributed by atoms with van der Waals surface area (Å²) in [7, 11) is 1.75. The van der Waals surface area contributed by atoms with Crippen molar-refractivity contribution in [2.24, 2.45) is 5.92 Å². The molecule has 0 amide bonds. The Morgan fingerprint density at radius 2 is 2.06 bits per heavy atom. The molecule has 0 saturated carbocycles. The Bertz CT molecular complexity index is 309. The van der Waals surface area contributed by atoms with Crippen molar-refractivity contribution in [1.82, 2.24) is 4.90 Å². The minimum atomic E-state index is 0.140. The van der Waals surface area contributed by atoms with Gasteiger partial charge in [-0.25, -0.2) is 0 Å². The van der Waals surface area contributed by atoms with E-state index in [0.29, 0.717) is 12.5 Å². The van der Waals surface area contributed by atoms with Gasteiger partial charge in [0.15, 0.2) is 0 Å². The number of benzene rings is 1. The summed E-state index contributed by atoms with van der Waals surface area (Å²) >= 11 is 0. The van der Waals surface area contributed by atoms with E-state index in [0.717, 1.165) is 19.6 Å². The van der Waals surface area contributed by atoms with E-state index in [4.69, 9.17) is 9.84 Å². The number of nitrogens with zero attached hydrogens (tertiary/aromatic N) is 1. The van der Waals surface area contributed by atoms with Crippen LogP contribution in [0.3, 0.4) is 0 Å². The Kier molecular flexibility index (Phi) is 3.93. The third kappa shape index (κ3) is 2.61. The summed E-state index contributed by atoms with van der Waals surface area (Å²) in [6.07, 6.45) is 0.140. The molecule has 1 atom stereocenters. The van der Waals surface area contributed by atoms with Crippen LogP contribution in [0.5, 0.6) is 0 Å². The van der Waals surface area contributed by atoms with Crippen molar-refractivity contribution in [3.63, 3.8) is 0 Å². The molecule has 1 aliphatic heterocycles. The lowest BCUT2D eigenvalue weighted by Crippen LogP contribution is -2.49. The van der Waals surface area contributed by atoms with Gasteiger partial charge >= 0.3 is 0 Å². The van der Waals surface area contributed by atoms with E-state index in [1.165, 1.54) is 5.56 Å². The van der Waals surface area contributed by atoms with Crippen LogP contribution in [0.15, 0.2) is 30.3 Å². The maximum absolute atomic E-state index is 8.95. The van der Waals surface area contributed by atoms with E-state index in [9.17, 15) is 0 Å². The van der Waals surface area contributed by atoms with Gasteiger partial charge in [0.05, 0.1) is 6.10 Å². The predicted octanol–water partition coefficient (Wildman–Crippen LogP) is 1.30. The van der Waals surface area contributed by atoms with E-state index < -0.39 is 0 Å². The Labute approximate surface area is 96.6 Å². The van der Waals surface area contributed by atoms with Gasteiger partial charge in [-0.1, -0.05) is 30.3 Å². The highest BCUT2D eigenvalue weighted by Crippen LogP contribution is 2.22. The average Bonchev–Trinajstić information content (AvgIpc) is 2.29. The SMILES string of the molecule is COC(CN1CC(CO)C1)c1ccccc1. The van der Waals surface area contributed by atoms with E-state index in [1.807, 2.05) is 18.2 Å². The summed E-state index contributed by atoms with van der Waals surface area (Å²) in [5.41, 5.74) is 1.22. The number of ether oxygens (including phenoxy) is 1. The lowest BCUT2D eigenvalue weighted by Gasteiger charge is -2.40. The first-order chi connectivity index (χ1) is 7.83. The number of hydrogen-bond acceptors (Lipinski definition) is 3. The smallest absolute Gasteiger partial charge is 0.0947 e. The normalized spacial score (nSPS) is 19.4. The zero-order chi connectivity index (χ0) is 11.4. The maximum Gasteiger partial charge on any atom is 0.0947 e. The number of aliphatic hydroxyl groups is 1. The molecular formula is C13H19NO2. The second-order valence-corrected chi connectivity index (χ2v) is 4.40. The topological polar surface area (TPSA) is 32.7 Å². The number of likely N-dealkylation sites (tertiary alicyclic amines) is 1. The summed E-state index contributed by atoms with van der Waals surface area (Å²) in [5.74, 6) is 0.466. The molecule has 88 valence electrons. The minimum Gasteiger partial charge on any atom is -0.396 e. The molecule has 1 aliphatic rings. The summed E-state index contributed by atoms with van der Waals surface area (Å²) in [6.45, 7) is 3.20. The van der Waals surface area contributed by atoms with Crippen LogP contribution in [0.25, 0.3) is 0 Å². The number of rotatable bonds is 5. The van der Waals surface area contributed by atoms with Crippen LogP contribution >= 0.6 is 0 Å². The highest BCUT2D eigenvalue weighted by molar-refractivity contribution is 5.18. The molecular weight excluding hydrogens is 202 g/mol. The third-order valence-corrected chi connectivity index (χ3v) is 3.17. The average molecular weight is 221 g/mol. The van der Waals surface area contributed by atoms with Gasteiger partial charge in [-0.3, -0.25) is 4.90 Å². The molecule has 1 fully saturated rings. The maximum atomic E-state index is 8.95. The Hall–Kier alpha value is -0.900. The van der Waals surface area contributed by atoms with Crippen LogP contribution in [0.1, 0.15) is 11.7 Å². The van der Waals surface area contributed by atoms with E-state index in [2.05, 4.69) is 17.0 Å². The molecule has 1 aromatic rings. The Morgan fingerprint density at radius 1 is 1.38 bits per heavy atom. The quantitative estimate of drug-likeness (QED) is 0.813. The lowest BCUT2D eigenvalue weighted by molar-refractivity contribution is -0.000919. The molecule has 16 heavy (non-hydrogen) atoms. The van der Waals surface area contributed by atoms with Crippen LogP contribution in [-0.2, 0) is 4.74 Å². The monoisotopic (exact) mass is 221 g/mol. The fraction of sp³-hybridized carbons (Fsp3) is 0.538. The molecule has 0 radical (unpaired) electrons. The predicted molar refractivity (Wildman–Crippen MR) is 63.2 cm³/mol. The van der Waals surface area contributed by atoms with Crippen LogP contribution in [0.2, 0.25) is 0 Å². The largest absolute Gasteiger partial charge is 0.396 e. The molecule has 0 spiro atoms. The minimum absolute atomic E-state index is 0.140. The zero-order valence-corrected chi connectivity index (χ0v) is 9.67. The fourth-order valence-corrected chi connectivity index (χ4v) is 2.16. The molecule has 0 aromatic heterocycles. The van der Waals surface area contributed by atoms with E-state index >= 15 is 0 Å². The first-order valence-corrected chi connectivity index (χ1v) is 5.74. The molecule has 1 aromatic carbocycles. The van der Waals surface area contributed by atoms with Crippen molar-refractivity contribution in [3.05, 3.63) is 35.9 Å². The molecule has 3 heteroatoms. The van der Waals surface area contributed by atoms with Crippen molar-refractivity contribution < 1.29 is 9.84 Å². The Balaban J connectivity index is 1.87. The summed E-state index contributed by atoms with van der Waals surface area (Å²) < 4.78 is 5.51. The summed E-state index contributed by atoms with van der Waals surface area (Å²) in [5, 5.41) is 8.95. The van der Waals surface area contributed by atoms with Crippen molar-refractivity contribution in [1.29, 1.82) is 0 Å². The molecule has 1 saturated heterocycles. The van der Waals surface area contributed by atoms with Crippen molar-refractivity contribution >= 4 is 0 Å². The first kappa shape index (κ1) is 11.6. The number of hydrogen-bond donors (Lipinski definition) is 1. The first-order valence-electron chi connectivity index (χ1n) is 5.74. The fourth-order valence-electron chi connectivity index (χ4n) is 2.16. The van der Waals surface area contributed by atoms with Gasteiger partial charge in [-0.15, -0.1) is 0 Å². The van der Waals surface area contributed by atoms with Crippen LogP contribution in [0.4, 0.5) is 0 Å². The van der Waals surface area contributed by atoms with Gasteiger partial charge in [-0.2, -0.15) is 0 Å². The lowest BCUT2D eigenvalue weighted by atomic mass is 9.99. The van der Waals surface area contributed by atoms with E-state index in [-0.39, 0.29) is 6.10 Å². The van der Waals surface area contributed by atoms with Crippen molar-refractivity contribution in [2.45, 2.75) is 6.10 Å². The second kappa shape index (κ2) is 5.43. The number of aliphatic hydroxyl groups excluding tert-OH is 1. The zero-order valence-electron chi connectivity index (χ0n) is 9.67. The van der Waals surface area contributed by atoms with Crippen LogP contribution < -0.4 is 0 Å². The highest BCUT2D eigenvalue weighted by Gasteiger charge is 2.28. The molecule has 3 nitrogen and oxygen atoms in total.